The lowest BCUT2D eigenvalue weighted by Crippen LogP contribution is -2.47. The average Bonchev–Trinajstić information content (AvgIpc) is 3.37. The molecule has 1 aromatic carbocycles. The molecule has 2 aliphatic heterocycles. The Morgan fingerprint density at radius 2 is 1.86 bits per heavy atom. The summed E-state index contributed by atoms with van der Waals surface area (Å²) in [4.78, 5) is 40.8. The second-order valence-corrected chi connectivity index (χ2v) is 9.00. The van der Waals surface area contributed by atoms with Crippen molar-refractivity contribution in [1.82, 2.24) is 9.13 Å². The molecule has 1 aromatic heterocycles. The van der Waals surface area contributed by atoms with Gasteiger partial charge in [0.05, 0.1) is 20.8 Å². The van der Waals surface area contributed by atoms with Gasteiger partial charge < -0.3 is 28.8 Å². The molecule has 14 nitrogen and oxygen atoms in total. The van der Waals surface area contributed by atoms with Gasteiger partial charge in [0.25, 0.3) is 5.56 Å². The maximum absolute atomic E-state index is 13.4. The van der Waals surface area contributed by atoms with Crippen molar-refractivity contribution >= 4 is 5.97 Å². The molecule has 2 saturated heterocycles. The van der Waals surface area contributed by atoms with Gasteiger partial charge in [-0.05, 0) is 37.1 Å². The Kier molecular flexibility index (Phi) is 7.39. The van der Waals surface area contributed by atoms with Crippen molar-refractivity contribution in [2.45, 2.75) is 62.9 Å². The van der Waals surface area contributed by atoms with Crippen LogP contribution in [0, 0.1) is 0 Å². The average molecular weight is 517 g/mol. The van der Waals surface area contributed by atoms with E-state index in [9.17, 15) is 19.5 Å². The van der Waals surface area contributed by atoms with Gasteiger partial charge in [-0.1, -0.05) is 17.2 Å². The topological polar surface area (TPSA) is 176 Å². The first-order valence-electron chi connectivity index (χ1n) is 11.4. The van der Waals surface area contributed by atoms with Crippen molar-refractivity contribution in [3.05, 3.63) is 73.4 Å². The molecular formula is C23H27N5O9. The van der Waals surface area contributed by atoms with Gasteiger partial charge in [-0.3, -0.25) is 18.7 Å². The van der Waals surface area contributed by atoms with Crippen LogP contribution in [0.15, 0.2) is 51.2 Å². The minimum absolute atomic E-state index is 0.0144. The van der Waals surface area contributed by atoms with Crippen LogP contribution in [0.4, 0.5) is 0 Å². The number of nitrogens with zero attached hydrogens (tertiary/aromatic N) is 5. The van der Waals surface area contributed by atoms with Crippen molar-refractivity contribution < 1.29 is 33.6 Å². The Morgan fingerprint density at radius 3 is 2.49 bits per heavy atom. The number of carbonyl (C=O) groups excluding carboxylic acids is 1. The first kappa shape index (κ1) is 26.4. The Balaban J connectivity index is 1.70. The minimum atomic E-state index is -1.68. The third-order valence-corrected chi connectivity index (χ3v) is 6.21. The van der Waals surface area contributed by atoms with Gasteiger partial charge in [0.1, 0.15) is 30.2 Å². The number of fused-ring (bicyclic) bond motifs is 1. The van der Waals surface area contributed by atoms with E-state index in [1.807, 2.05) is 0 Å². The summed E-state index contributed by atoms with van der Waals surface area (Å²) in [5, 5.41) is 14.3. The molecule has 3 heterocycles. The van der Waals surface area contributed by atoms with Crippen LogP contribution >= 0.6 is 0 Å². The Labute approximate surface area is 210 Å². The third kappa shape index (κ3) is 5.10. The van der Waals surface area contributed by atoms with Crippen LogP contribution < -0.4 is 16.0 Å². The van der Waals surface area contributed by atoms with Crippen molar-refractivity contribution in [3.63, 3.8) is 0 Å². The minimum Gasteiger partial charge on any atom is -0.497 e. The predicted molar refractivity (Wildman–Crippen MR) is 126 cm³/mol. The molecule has 2 fully saturated rings. The molecule has 1 unspecified atom stereocenters. The first-order valence-corrected chi connectivity index (χ1v) is 11.4. The molecule has 4 rings (SSSR count). The summed E-state index contributed by atoms with van der Waals surface area (Å²) in [5.41, 5.74) is 8.35. The van der Waals surface area contributed by atoms with Crippen molar-refractivity contribution in [2.24, 2.45) is 5.11 Å². The van der Waals surface area contributed by atoms with Gasteiger partial charge in [0, 0.05) is 17.2 Å². The molecule has 0 aliphatic carbocycles. The van der Waals surface area contributed by atoms with Gasteiger partial charge in [-0.15, -0.1) is 0 Å². The van der Waals surface area contributed by atoms with E-state index in [0.29, 0.717) is 11.3 Å². The molecule has 2 aromatic rings. The fourth-order valence-corrected chi connectivity index (χ4v) is 4.50. The number of aliphatic hydroxyl groups is 1. The summed E-state index contributed by atoms with van der Waals surface area (Å²) in [6.07, 6.45) is -4.62. The van der Waals surface area contributed by atoms with Gasteiger partial charge in [0.15, 0.2) is 18.1 Å². The Bertz CT molecular complexity index is 1320. The SMILES string of the molecule is COC(=O)[C@H](N=[N+]=[N-])[C@H](O)[C@H]1O[C@@H](n2ccc(=O)n(Cc3ccc(OC)cc3)c2=O)C2OC(C)(C)O[C@H]21. The molecular weight excluding hydrogens is 490 g/mol. The summed E-state index contributed by atoms with van der Waals surface area (Å²) in [5.74, 6) is -1.46. The van der Waals surface area contributed by atoms with E-state index < -0.39 is 59.7 Å². The molecule has 0 radical (unpaired) electrons. The number of carbonyl (C=O) groups is 1. The number of methoxy groups -OCH3 is 2. The van der Waals surface area contributed by atoms with Crippen LogP contribution in [0.1, 0.15) is 25.6 Å². The number of hydrogen-bond acceptors (Lipinski definition) is 10. The van der Waals surface area contributed by atoms with E-state index in [-0.39, 0.29) is 6.54 Å². The number of ether oxygens (including phenoxy) is 5. The largest absolute Gasteiger partial charge is 0.497 e. The fourth-order valence-electron chi connectivity index (χ4n) is 4.50. The highest BCUT2D eigenvalue weighted by Gasteiger charge is 2.59. The second kappa shape index (κ2) is 10.4. The van der Waals surface area contributed by atoms with Gasteiger partial charge in [0.2, 0.25) is 0 Å². The zero-order valence-electron chi connectivity index (χ0n) is 20.6. The summed E-state index contributed by atoms with van der Waals surface area (Å²) < 4.78 is 29.9. The smallest absolute Gasteiger partial charge is 0.333 e. The van der Waals surface area contributed by atoms with Gasteiger partial charge in [-0.2, -0.15) is 0 Å². The molecule has 2 aliphatic rings. The van der Waals surface area contributed by atoms with Crippen LogP contribution in [0.3, 0.4) is 0 Å². The van der Waals surface area contributed by atoms with E-state index in [2.05, 4.69) is 14.8 Å². The Hall–Kier alpha value is -3.68. The van der Waals surface area contributed by atoms with Crippen LogP contribution in [-0.4, -0.2) is 70.7 Å². The van der Waals surface area contributed by atoms with Crippen molar-refractivity contribution in [2.75, 3.05) is 14.2 Å². The van der Waals surface area contributed by atoms with Crippen LogP contribution in [0.2, 0.25) is 0 Å². The molecule has 1 N–H and O–H groups in total. The highest BCUT2D eigenvalue weighted by Crippen LogP contribution is 2.44. The molecule has 198 valence electrons. The number of rotatable bonds is 8. The molecule has 0 spiro atoms. The predicted octanol–water partition coefficient (Wildman–Crippen LogP) is 0.697. The number of hydrogen-bond donors (Lipinski definition) is 1. The summed E-state index contributed by atoms with van der Waals surface area (Å²) in [6.45, 7) is 3.27. The highest BCUT2D eigenvalue weighted by molar-refractivity contribution is 5.76. The maximum atomic E-state index is 13.4. The zero-order chi connectivity index (χ0) is 26.9. The van der Waals surface area contributed by atoms with E-state index in [1.54, 1.807) is 38.1 Å². The number of aliphatic hydroxyl groups excluding tert-OH is 1. The number of benzene rings is 1. The normalized spacial score (nSPS) is 25.5. The number of aromatic nitrogens is 2. The number of azide groups is 1. The van der Waals surface area contributed by atoms with Gasteiger partial charge >= 0.3 is 11.7 Å². The van der Waals surface area contributed by atoms with Crippen molar-refractivity contribution in [1.29, 1.82) is 0 Å². The lowest BCUT2D eigenvalue weighted by molar-refractivity contribution is -0.209. The third-order valence-electron chi connectivity index (χ3n) is 6.21. The Morgan fingerprint density at radius 1 is 1.19 bits per heavy atom. The maximum Gasteiger partial charge on any atom is 0.333 e. The van der Waals surface area contributed by atoms with Crippen LogP contribution in [0.5, 0.6) is 5.75 Å². The van der Waals surface area contributed by atoms with E-state index >= 15 is 0 Å². The van der Waals surface area contributed by atoms with Crippen LogP contribution in [0.25, 0.3) is 10.4 Å². The lowest BCUT2D eigenvalue weighted by atomic mass is 10.00. The molecule has 0 bridgehead atoms. The monoisotopic (exact) mass is 517 g/mol. The van der Waals surface area contributed by atoms with Crippen molar-refractivity contribution in [3.8, 4) is 5.75 Å². The fraction of sp³-hybridized carbons (Fsp3) is 0.522. The highest BCUT2D eigenvalue weighted by atomic mass is 16.8. The van der Waals surface area contributed by atoms with E-state index in [1.165, 1.54) is 23.9 Å². The second-order valence-electron chi connectivity index (χ2n) is 9.00. The summed E-state index contributed by atoms with van der Waals surface area (Å²) in [6, 6.07) is 6.47. The van der Waals surface area contributed by atoms with E-state index in [0.717, 1.165) is 11.7 Å². The summed E-state index contributed by atoms with van der Waals surface area (Å²) in [7, 11) is 2.62. The van der Waals surface area contributed by atoms with Gasteiger partial charge in [-0.25, -0.2) is 4.79 Å². The lowest BCUT2D eigenvalue weighted by Gasteiger charge is -2.28. The molecule has 37 heavy (non-hydrogen) atoms. The molecule has 0 amide bonds. The molecule has 14 heteroatoms. The summed E-state index contributed by atoms with van der Waals surface area (Å²) >= 11 is 0. The zero-order valence-corrected chi connectivity index (χ0v) is 20.6. The molecule has 0 saturated carbocycles. The molecule has 6 atom stereocenters. The quantitative estimate of drug-likeness (QED) is 0.228. The van der Waals surface area contributed by atoms with E-state index in [4.69, 9.17) is 24.5 Å². The first-order chi connectivity index (χ1) is 17.6. The number of esters is 1. The van der Waals surface area contributed by atoms with Crippen LogP contribution in [-0.2, 0) is 30.3 Å². The standard InChI is InChI=1S/C23H27N5O9/c1-23(2)36-18-17(16(30)15(25-26-24)21(31)34-4)35-20(19(18)37-23)27-10-9-14(29)28(22(27)32)11-12-5-7-13(33-3)8-6-12/h5-10,15-20,30H,11H2,1-4H3/t15-,16+,17-,18+,19?,20-/m1/s1.